The summed E-state index contributed by atoms with van der Waals surface area (Å²) in [4.78, 5) is 35.3. The van der Waals surface area contributed by atoms with Crippen molar-refractivity contribution in [3.8, 4) is 5.69 Å². The molecule has 0 aliphatic rings. The van der Waals surface area contributed by atoms with Crippen molar-refractivity contribution in [2.75, 3.05) is 6.26 Å². The van der Waals surface area contributed by atoms with Crippen LogP contribution >= 0.6 is 0 Å². The Bertz CT molecular complexity index is 1270. The Labute approximate surface area is 163 Å². The van der Waals surface area contributed by atoms with Crippen LogP contribution in [0.4, 0.5) is 0 Å². The van der Waals surface area contributed by atoms with E-state index in [1.165, 1.54) is 10.8 Å². The van der Waals surface area contributed by atoms with Gasteiger partial charge in [-0.05, 0) is 47.6 Å². The molecule has 8 heteroatoms. The Kier molecular flexibility index (Phi) is 4.81. The largest absolute Gasteiger partial charge is 0.612 e. The summed E-state index contributed by atoms with van der Waals surface area (Å²) >= 11 is -1.33. The smallest absolute Gasteiger partial charge is 0.337 e. The number of fused-ring (bicyclic) bond motifs is 1. The summed E-state index contributed by atoms with van der Waals surface area (Å²) in [5, 5.41) is 0.301. The first-order valence-corrected chi connectivity index (χ1v) is 10.1. The normalized spacial score (nSPS) is 12.2. The predicted molar refractivity (Wildman–Crippen MR) is 107 cm³/mol. The monoisotopic (exact) mass is 392 g/mol. The molecule has 3 heterocycles. The maximum absolute atomic E-state index is 13.3. The summed E-state index contributed by atoms with van der Waals surface area (Å²) in [5.41, 5.74) is 0.258. The van der Waals surface area contributed by atoms with Crippen LogP contribution in [0.2, 0.25) is 0 Å². The van der Waals surface area contributed by atoms with Gasteiger partial charge in [0.1, 0.15) is 11.9 Å². The Morgan fingerprint density at radius 2 is 1.71 bits per heavy atom. The van der Waals surface area contributed by atoms with Gasteiger partial charge in [0.05, 0.1) is 17.6 Å². The van der Waals surface area contributed by atoms with Crippen molar-refractivity contribution in [2.45, 2.75) is 11.4 Å². The van der Waals surface area contributed by atoms with Gasteiger partial charge in [-0.2, -0.15) is 0 Å². The molecule has 0 saturated carbocycles. The second kappa shape index (κ2) is 7.41. The van der Waals surface area contributed by atoms with Gasteiger partial charge in [-0.15, -0.1) is 0 Å². The van der Waals surface area contributed by atoms with E-state index in [0.29, 0.717) is 21.7 Å². The predicted octanol–water partition coefficient (Wildman–Crippen LogP) is 1.73. The van der Waals surface area contributed by atoms with Crippen LogP contribution in [0.1, 0.15) is 5.69 Å². The zero-order valence-electron chi connectivity index (χ0n) is 15.0. The molecule has 0 amide bonds. The van der Waals surface area contributed by atoms with Crippen molar-refractivity contribution in [1.29, 1.82) is 0 Å². The van der Waals surface area contributed by atoms with Crippen molar-refractivity contribution in [1.82, 2.24) is 19.1 Å². The molecule has 7 nitrogen and oxygen atoms in total. The fourth-order valence-electron chi connectivity index (χ4n) is 3.08. The molecular formula is C20H16N4O3S. The summed E-state index contributed by atoms with van der Waals surface area (Å²) < 4.78 is 14.7. The fraction of sp³-hybridized carbons (Fsp3) is 0.100. The third-order valence-electron chi connectivity index (χ3n) is 4.36. The number of aromatic nitrogens is 4. The van der Waals surface area contributed by atoms with Gasteiger partial charge in [-0.3, -0.25) is 14.3 Å². The van der Waals surface area contributed by atoms with Crippen molar-refractivity contribution in [3.63, 3.8) is 0 Å². The van der Waals surface area contributed by atoms with E-state index in [4.69, 9.17) is 0 Å². The van der Waals surface area contributed by atoms with E-state index < -0.39 is 22.4 Å². The molecule has 4 aromatic rings. The lowest BCUT2D eigenvalue weighted by atomic mass is 10.2. The molecule has 140 valence electrons. The van der Waals surface area contributed by atoms with Crippen LogP contribution in [0, 0.1) is 0 Å². The molecule has 0 radical (unpaired) electrons. The number of benzene rings is 1. The van der Waals surface area contributed by atoms with Crippen LogP contribution in [-0.2, 0) is 17.7 Å². The maximum Gasteiger partial charge on any atom is 0.337 e. The van der Waals surface area contributed by atoms with E-state index in [1.807, 2.05) is 0 Å². The maximum atomic E-state index is 13.3. The lowest BCUT2D eigenvalue weighted by molar-refractivity contribution is 0.599. The number of para-hydroxylation sites is 1. The minimum atomic E-state index is -1.33. The van der Waals surface area contributed by atoms with Gasteiger partial charge in [-0.1, -0.05) is 18.2 Å². The lowest BCUT2D eigenvalue weighted by Gasteiger charge is -2.16. The molecule has 0 aliphatic heterocycles. The van der Waals surface area contributed by atoms with Crippen LogP contribution < -0.4 is 11.2 Å². The van der Waals surface area contributed by atoms with E-state index in [9.17, 15) is 14.1 Å². The number of pyridine rings is 2. The van der Waals surface area contributed by atoms with Crippen LogP contribution in [0.3, 0.4) is 0 Å². The Balaban J connectivity index is 2.07. The number of hydrogen-bond donors (Lipinski definition) is 0. The molecule has 0 saturated heterocycles. The highest BCUT2D eigenvalue weighted by Gasteiger charge is 2.20. The molecule has 3 aromatic heterocycles. The topological polar surface area (TPSA) is 92.8 Å². The highest BCUT2D eigenvalue weighted by atomic mass is 32.2. The minimum absolute atomic E-state index is 0.0285. The molecule has 0 bridgehead atoms. The van der Waals surface area contributed by atoms with Crippen LogP contribution in [0.5, 0.6) is 0 Å². The highest BCUT2D eigenvalue weighted by molar-refractivity contribution is 7.90. The van der Waals surface area contributed by atoms with Gasteiger partial charge in [0.15, 0.2) is 10.5 Å². The molecule has 1 atom stereocenters. The summed E-state index contributed by atoms with van der Waals surface area (Å²) in [7, 11) is 0. The van der Waals surface area contributed by atoms with Gasteiger partial charge >= 0.3 is 5.69 Å². The van der Waals surface area contributed by atoms with Gasteiger partial charge in [-0.25, -0.2) is 14.3 Å². The first-order chi connectivity index (χ1) is 13.6. The molecule has 0 spiro atoms. The Hall–Kier alpha value is -3.23. The number of nitrogens with zero attached hydrogens (tertiary/aromatic N) is 4. The SMILES string of the molecule is C[S+]([O-])c1ccccc1-n1c(=O)n(Cc2ccccn2)c(=O)c2cccnc21. The van der Waals surface area contributed by atoms with Gasteiger partial charge in [0.25, 0.3) is 5.56 Å². The number of hydrogen-bond acceptors (Lipinski definition) is 5. The average Bonchev–Trinajstić information content (AvgIpc) is 2.72. The standard InChI is InChI=1S/C20H16N4O3S/c1-28(27)17-10-3-2-9-16(17)24-18-15(8-6-12-22-18)19(25)23(20(24)26)13-14-7-4-5-11-21-14/h2-12H,13H2,1H3. The van der Waals surface area contributed by atoms with Crippen molar-refractivity contribution in [2.24, 2.45) is 0 Å². The first-order valence-electron chi connectivity index (χ1n) is 8.51. The van der Waals surface area contributed by atoms with E-state index in [-0.39, 0.29) is 12.2 Å². The van der Waals surface area contributed by atoms with E-state index >= 15 is 0 Å². The summed E-state index contributed by atoms with van der Waals surface area (Å²) in [6.07, 6.45) is 4.67. The van der Waals surface area contributed by atoms with Crippen LogP contribution in [0.25, 0.3) is 16.7 Å². The summed E-state index contributed by atoms with van der Waals surface area (Å²) in [6, 6.07) is 15.5. The molecule has 4 rings (SSSR count). The van der Waals surface area contributed by atoms with Crippen molar-refractivity contribution in [3.05, 3.63) is 93.5 Å². The van der Waals surface area contributed by atoms with Gasteiger partial charge < -0.3 is 4.55 Å². The first kappa shape index (κ1) is 18.1. The zero-order valence-corrected chi connectivity index (χ0v) is 15.8. The second-order valence-corrected chi connectivity index (χ2v) is 7.47. The molecule has 0 aliphatic carbocycles. The second-order valence-electron chi connectivity index (χ2n) is 6.13. The lowest BCUT2D eigenvalue weighted by Crippen LogP contribution is -2.40. The van der Waals surface area contributed by atoms with Crippen LogP contribution in [0.15, 0.2) is 81.5 Å². The van der Waals surface area contributed by atoms with Crippen LogP contribution in [-0.4, -0.2) is 29.9 Å². The van der Waals surface area contributed by atoms with Crippen molar-refractivity contribution >= 4 is 22.2 Å². The Morgan fingerprint density at radius 1 is 0.964 bits per heavy atom. The van der Waals surface area contributed by atoms with Crippen molar-refractivity contribution < 1.29 is 4.55 Å². The summed E-state index contributed by atoms with van der Waals surface area (Å²) in [6.45, 7) is 0.0285. The summed E-state index contributed by atoms with van der Waals surface area (Å²) in [5.74, 6) is 0. The Morgan fingerprint density at radius 3 is 2.46 bits per heavy atom. The minimum Gasteiger partial charge on any atom is -0.612 e. The molecule has 28 heavy (non-hydrogen) atoms. The molecular weight excluding hydrogens is 376 g/mol. The zero-order chi connectivity index (χ0) is 19.7. The highest BCUT2D eigenvalue weighted by Crippen LogP contribution is 2.20. The molecule has 1 aromatic carbocycles. The van der Waals surface area contributed by atoms with Gasteiger partial charge in [0.2, 0.25) is 0 Å². The molecule has 0 N–H and O–H groups in total. The van der Waals surface area contributed by atoms with E-state index in [1.54, 1.807) is 67.0 Å². The van der Waals surface area contributed by atoms with Gasteiger partial charge in [0, 0.05) is 12.4 Å². The average molecular weight is 392 g/mol. The van der Waals surface area contributed by atoms with E-state index in [0.717, 1.165) is 4.57 Å². The molecule has 1 unspecified atom stereocenters. The quantitative estimate of drug-likeness (QED) is 0.493. The number of rotatable bonds is 4. The fourth-order valence-corrected chi connectivity index (χ4v) is 3.80. The van der Waals surface area contributed by atoms with E-state index in [2.05, 4.69) is 9.97 Å². The third-order valence-corrected chi connectivity index (χ3v) is 5.32. The third kappa shape index (κ3) is 3.12. The molecule has 0 fully saturated rings.